The summed E-state index contributed by atoms with van der Waals surface area (Å²) in [5.74, 6) is 0. The van der Waals surface area contributed by atoms with Crippen LogP contribution in [0.2, 0.25) is 0 Å². The Bertz CT molecular complexity index is 248. The fraction of sp³-hybridized carbons (Fsp3) is 0.333. The summed E-state index contributed by atoms with van der Waals surface area (Å²) in [5.41, 5.74) is 14.2. The van der Waals surface area contributed by atoms with Crippen LogP contribution in [0, 0.1) is 0 Å². The molecule has 0 amide bonds. The van der Waals surface area contributed by atoms with E-state index in [0.717, 1.165) is 6.42 Å². The minimum absolute atomic E-state index is 0. The van der Waals surface area contributed by atoms with Gasteiger partial charge in [-0.1, -0.05) is 24.3 Å². The van der Waals surface area contributed by atoms with Gasteiger partial charge in [0, 0.05) is 12.1 Å². The maximum Gasteiger partial charge on any atom is 0.0316 e. The average Bonchev–Trinajstić information content (AvgIpc) is 2.30. The molecule has 3 heteroatoms. The molecule has 0 radical (unpaired) electrons. The highest BCUT2D eigenvalue weighted by molar-refractivity contribution is 5.85. The second-order valence-corrected chi connectivity index (χ2v) is 3.08. The maximum atomic E-state index is 5.86. The number of nitrogens with two attached hydrogens (primary N) is 2. The monoisotopic (exact) mass is 184 g/mol. The first kappa shape index (κ1) is 9.52. The summed E-state index contributed by atoms with van der Waals surface area (Å²) in [6, 6.07) is 8.45. The summed E-state index contributed by atoms with van der Waals surface area (Å²) < 4.78 is 0. The molecule has 0 aromatic heterocycles. The maximum absolute atomic E-state index is 5.86. The smallest absolute Gasteiger partial charge is 0.0316 e. The molecule has 2 unspecified atom stereocenters. The zero-order valence-corrected chi connectivity index (χ0v) is 7.55. The Labute approximate surface area is 78.4 Å². The van der Waals surface area contributed by atoms with E-state index in [0.29, 0.717) is 0 Å². The van der Waals surface area contributed by atoms with E-state index in [4.69, 9.17) is 11.5 Å². The lowest BCUT2D eigenvalue weighted by atomic mass is 10.1. The van der Waals surface area contributed by atoms with E-state index >= 15 is 0 Å². The van der Waals surface area contributed by atoms with Crippen molar-refractivity contribution in [1.82, 2.24) is 0 Å². The van der Waals surface area contributed by atoms with Crippen molar-refractivity contribution in [2.45, 2.75) is 18.5 Å². The Morgan fingerprint density at radius 2 is 1.42 bits per heavy atom. The lowest BCUT2D eigenvalue weighted by Gasteiger charge is -2.01. The lowest BCUT2D eigenvalue weighted by molar-refractivity contribution is 0.621. The molecule has 0 bridgehead atoms. The molecule has 0 saturated carbocycles. The Kier molecular flexibility index (Phi) is 2.73. The van der Waals surface area contributed by atoms with E-state index in [1.54, 1.807) is 0 Å². The molecule has 4 N–H and O–H groups in total. The minimum Gasteiger partial charge on any atom is -0.324 e. The van der Waals surface area contributed by atoms with Crippen LogP contribution in [0.5, 0.6) is 0 Å². The van der Waals surface area contributed by atoms with Gasteiger partial charge in [0.1, 0.15) is 0 Å². The summed E-state index contributed by atoms with van der Waals surface area (Å²) in [5, 5.41) is 0. The van der Waals surface area contributed by atoms with Gasteiger partial charge in [0.15, 0.2) is 0 Å². The summed E-state index contributed by atoms with van der Waals surface area (Å²) in [6.07, 6.45) is 0.888. The molecule has 1 aromatic carbocycles. The summed E-state index contributed by atoms with van der Waals surface area (Å²) in [6.45, 7) is 0. The van der Waals surface area contributed by atoms with Crippen LogP contribution in [0.4, 0.5) is 0 Å². The Morgan fingerprint density at radius 3 is 1.83 bits per heavy atom. The molecule has 1 aliphatic carbocycles. The lowest BCUT2D eigenvalue weighted by Crippen LogP contribution is -2.08. The van der Waals surface area contributed by atoms with Gasteiger partial charge in [0.05, 0.1) is 0 Å². The molecule has 1 aliphatic rings. The van der Waals surface area contributed by atoms with Gasteiger partial charge in [-0.15, -0.1) is 12.4 Å². The number of fused-ring (bicyclic) bond motifs is 1. The van der Waals surface area contributed by atoms with Crippen molar-refractivity contribution in [2.24, 2.45) is 11.5 Å². The van der Waals surface area contributed by atoms with Gasteiger partial charge < -0.3 is 11.5 Å². The predicted molar refractivity (Wildman–Crippen MR) is 52.2 cm³/mol. The molecule has 0 aliphatic heterocycles. The van der Waals surface area contributed by atoms with Crippen molar-refractivity contribution in [3.63, 3.8) is 0 Å². The summed E-state index contributed by atoms with van der Waals surface area (Å²) in [7, 11) is 0. The van der Waals surface area contributed by atoms with Crippen LogP contribution < -0.4 is 11.5 Å². The van der Waals surface area contributed by atoms with Crippen LogP contribution in [-0.4, -0.2) is 0 Å². The number of hydrogen-bond acceptors (Lipinski definition) is 2. The molecule has 0 saturated heterocycles. The normalized spacial score (nSPS) is 26.2. The summed E-state index contributed by atoms with van der Waals surface area (Å²) >= 11 is 0. The SMILES string of the molecule is Cl.NC1CC(N)c2ccccc21. The van der Waals surface area contributed by atoms with Crippen molar-refractivity contribution >= 4 is 12.4 Å². The first-order valence-corrected chi connectivity index (χ1v) is 3.89. The van der Waals surface area contributed by atoms with E-state index in [9.17, 15) is 0 Å². The van der Waals surface area contributed by atoms with Crippen molar-refractivity contribution in [2.75, 3.05) is 0 Å². The van der Waals surface area contributed by atoms with Gasteiger partial charge in [-0.2, -0.15) is 0 Å². The molecule has 2 atom stereocenters. The van der Waals surface area contributed by atoms with E-state index in [1.165, 1.54) is 11.1 Å². The van der Waals surface area contributed by atoms with Gasteiger partial charge in [0.2, 0.25) is 0 Å². The Morgan fingerprint density at radius 1 is 1.00 bits per heavy atom. The fourth-order valence-corrected chi connectivity index (χ4v) is 1.71. The van der Waals surface area contributed by atoms with Crippen LogP contribution in [-0.2, 0) is 0 Å². The van der Waals surface area contributed by atoms with E-state index in [-0.39, 0.29) is 24.5 Å². The molecule has 0 heterocycles. The third-order valence-electron chi connectivity index (χ3n) is 2.30. The second-order valence-electron chi connectivity index (χ2n) is 3.08. The fourth-order valence-electron chi connectivity index (χ4n) is 1.71. The first-order chi connectivity index (χ1) is 5.29. The van der Waals surface area contributed by atoms with Gasteiger partial charge in [-0.25, -0.2) is 0 Å². The minimum atomic E-state index is 0. The number of halogens is 1. The van der Waals surface area contributed by atoms with Crippen LogP contribution in [0.3, 0.4) is 0 Å². The standard InChI is InChI=1S/C9H12N2.ClH/c10-8-5-9(11)7-4-2-1-3-6(7)8;/h1-4,8-9H,5,10-11H2;1H. The third-order valence-corrected chi connectivity index (χ3v) is 2.30. The average molecular weight is 185 g/mol. The summed E-state index contributed by atoms with van der Waals surface area (Å²) in [4.78, 5) is 0. The molecule has 2 nitrogen and oxygen atoms in total. The topological polar surface area (TPSA) is 52.0 Å². The molecule has 66 valence electrons. The third kappa shape index (κ3) is 1.33. The first-order valence-electron chi connectivity index (χ1n) is 3.89. The molecule has 12 heavy (non-hydrogen) atoms. The van der Waals surface area contributed by atoms with Crippen LogP contribution in [0.15, 0.2) is 24.3 Å². The highest BCUT2D eigenvalue weighted by Gasteiger charge is 2.24. The van der Waals surface area contributed by atoms with Gasteiger partial charge in [-0.05, 0) is 17.5 Å². The highest BCUT2D eigenvalue weighted by Crippen LogP contribution is 2.34. The molecular formula is C9H13ClN2. The largest absolute Gasteiger partial charge is 0.324 e. The number of hydrogen-bond donors (Lipinski definition) is 2. The van der Waals surface area contributed by atoms with Gasteiger partial charge in [-0.3, -0.25) is 0 Å². The quantitative estimate of drug-likeness (QED) is 0.642. The van der Waals surface area contributed by atoms with Crippen LogP contribution in [0.1, 0.15) is 29.6 Å². The Hall–Kier alpha value is -0.570. The van der Waals surface area contributed by atoms with Crippen LogP contribution in [0.25, 0.3) is 0 Å². The van der Waals surface area contributed by atoms with Gasteiger partial charge >= 0.3 is 0 Å². The second kappa shape index (κ2) is 3.44. The zero-order chi connectivity index (χ0) is 7.84. The zero-order valence-electron chi connectivity index (χ0n) is 6.73. The van der Waals surface area contributed by atoms with E-state index in [1.807, 2.05) is 12.1 Å². The molecule has 0 fully saturated rings. The van der Waals surface area contributed by atoms with E-state index in [2.05, 4.69) is 12.1 Å². The Balaban J connectivity index is 0.000000720. The highest BCUT2D eigenvalue weighted by atomic mass is 35.5. The van der Waals surface area contributed by atoms with Crippen LogP contribution >= 0.6 is 12.4 Å². The van der Waals surface area contributed by atoms with Crippen molar-refractivity contribution in [3.05, 3.63) is 35.4 Å². The van der Waals surface area contributed by atoms with E-state index < -0.39 is 0 Å². The predicted octanol–water partition coefficient (Wildman–Crippen LogP) is 1.51. The van der Waals surface area contributed by atoms with Crippen molar-refractivity contribution in [1.29, 1.82) is 0 Å². The number of benzene rings is 1. The molecule has 2 rings (SSSR count). The van der Waals surface area contributed by atoms with Gasteiger partial charge in [0.25, 0.3) is 0 Å². The van der Waals surface area contributed by atoms with Crippen molar-refractivity contribution < 1.29 is 0 Å². The molecule has 1 aromatic rings. The molecular weight excluding hydrogens is 172 g/mol. The number of rotatable bonds is 0. The van der Waals surface area contributed by atoms with Crippen molar-refractivity contribution in [3.8, 4) is 0 Å². The molecule has 0 spiro atoms.